The molecule has 0 radical (unpaired) electrons. The Kier molecular flexibility index (Phi) is 6.76. The zero-order valence-corrected chi connectivity index (χ0v) is 20.8. The maximum absolute atomic E-state index is 12.9. The lowest BCUT2D eigenvalue weighted by atomic mass is 10.1. The summed E-state index contributed by atoms with van der Waals surface area (Å²) in [6, 6.07) is 24.3. The van der Waals surface area contributed by atoms with E-state index < -0.39 is 0 Å². The lowest BCUT2D eigenvalue weighted by Crippen LogP contribution is -2.13. The predicted molar refractivity (Wildman–Crippen MR) is 144 cm³/mol. The summed E-state index contributed by atoms with van der Waals surface area (Å²) in [6.07, 6.45) is 1.70. The predicted octanol–water partition coefficient (Wildman–Crippen LogP) is 6.85. The molecule has 0 aliphatic carbocycles. The fourth-order valence-corrected chi connectivity index (χ4v) is 4.16. The molecule has 5 rings (SSSR count). The van der Waals surface area contributed by atoms with Gasteiger partial charge in [0.25, 0.3) is 5.91 Å². The average Bonchev–Trinajstić information content (AvgIpc) is 2.93. The summed E-state index contributed by atoms with van der Waals surface area (Å²) < 4.78 is 22.7. The van der Waals surface area contributed by atoms with Crippen molar-refractivity contribution in [2.75, 3.05) is 26.1 Å². The van der Waals surface area contributed by atoms with Gasteiger partial charge in [0.1, 0.15) is 17.2 Å². The van der Waals surface area contributed by atoms with E-state index in [0.717, 1.165) is 21.7 Å². The number of nitrogens with zero attached hydrogens (tertiary/aromatic N) is 1. The number of carbonyl (C=O) groups is 1. The Labute approximate surface area is 214 Å². The van der Waals surface area contributed by atoms with E-state index in [2.05, 4.69) is 10.3 Å². The van der Waals surface area contributed by atoms with Crippen LogP contribution in [0.5, 0.6) is 28.7 Å². The Bertz CT molecular complexity index is 1600. The maximum Gasteiger partial charge on any atom is 0.259 e. The Hall–Kier alpha value is -4.78. The van der Waals surface area contributed by atoms with Crippen LogP contribution in [0, 0.1) is 0 Å². The molecular formula is C30H26N2O5. The highest BCUT2D eigenvalue weighted by Gasteiger charge is 2.14. The Balaban J connectivity index is 1.39. The highest BCUT2D eigenvalue weighted by molar-refractivity contribution is 6.07. The number of anilines is 1. The van der Waals surface area contributed by atoms with Crippen LogP contribution in [0.2, 0.25) is 0 Å². The van der Waals surface area contributed by atoms with E-state index in [9.17, 15) is 4.79 Å². The fraction of sp³-hybridized carbons (Fsp3) is 0.133. The van der Waals surface area contributed by atoms with Crippen molar-refractivity contribution in [2.24, 2.45) is 0 Å². The first kappa shape index (κ1) is 23.9. The summed E-state index contributed by atoms with van der Waals surface area (Å²) >= 11 is 0. The van der Waals surface area contributed by atoms with Crippen LogP contribution in [-0.2, 0) is 0 Å². The molecule has 37 heavy (non-hydrogen) atoms. The van der Waals surface area contributed by atoms with Crippen molar-refractivity contribution in [2.45, 2.75) is 6.92 Å². The summed E-state index contributed by atoms with van der Waals surface area (Å²) in [4.78, 5) is 17.3. The van der Waals surface area contributed by atoms with Gasteiger partial charge in [-0.05, 0) is 66.2 Å². The number of methoxy groups -OCH3 is 2. The number of aromatic nitrogens is 1. The SMILES string of the molecule is CCOc1ccccc1C(=O)Nc1ccc2cc(Oc3ccnc4cc(OC)c(OC)cc34)ccc2c1. The van der Waals surface area contributed by atoms with Crippen LogP contribution >= 0.6 is 0 Å². The third kappa shape index (κ3) is 4.97. The third-order valence-corrected chi connectivity index (χ3v) is 5.94. The van der Waals surface area contributed by atoms with Crippen molar-refractivity contribution in [3.05, 3.63) is 90.6 Å². The lowest BCUT2D eigenvalue weighted by molar-refractivity contribution is 0.102. The molecule has 0 unspecified atom stereocenters. The smallest absolute Gasteiger partial charge is 0.259 e. The summed E-state index contributed by atoms with van der Waals surface area (Å²) in [5.74, 6) is 2.88. The van der Waals surface area contributed by atoms with Gasteiger partial charge in [-0.25, -0.2) is 0 Å². The molecule has 0 saturated heterocycles. The zero-order chi connectivity index (χ0) is 25.8. The monoisotopic (exact) mass is 494 g/mol. The number of carbonyl (C=O) groups excluding carboxylic acids is 1. The highest BCUT2D eigenvalue weighted by Crippen LogP contribution is 2.37. The molecule has 0 spiro atoms. The number of benzene rings is 4. The minimum atomic E-state index is -0.222. The molecule has 0 saturated carbocycles. The van der Waals surface area contributed by atoms with E-state index in [-0.39, 0.29) is 5.91 Å². The van der Waals surface area contributed by atoms with Gasteiger partial charge >= 0.3 is 0 Å². The molecule has 4 aromatic carbocycles. The lowest BCUT2D eigenvalue weighted by Gasteiger charge is -2.13. The molecule has 0 bridgehead atoms. The molecule has 1 N–H and O–H groups in total. The van der Waals surface area contributed by atoms with Crippen molar-refractivity contribution in [3.8, 4) is 28.7 Å². The molecule has 0 aliphatic heterocycles. The van der Waals surface area contributed by atoms with Crippen LogP contribution in [0.15, 0.2) is 85.1 Å². The molecule has 1 amide bonds. The second-order valence-electron chi connectivity index (χ2n) is 8.24. The molecule has 0 fully saturated rings. The van der Waals surface area contributed by atoms with E-state index in [1.54, 1.807) is 32.5 Å². The number of pyridine rings is 1. The Morgan fingerprint density at radius 1 is 0.811 bits per heavy atom. The van der Waals surface area contributed by atoms with E-state index in [4.69, 9.17) is 18.9 Å². The minimum absolute atomic E-state index is 0.222. The standard InChI is InChI=1S/C30H26N2O5/c1-4-36-26-8-6-5-7-23(26)30(33)32-21-11-9-20-16-22(12-10-19(20)15-21)37-27-13-14-31-25-18-29(35-3)28(34-2)17-24(25)27/h5-18H,4H2,1-3H3,(H,32,33). The number of nitrogens with one attached hydrogen (secondary N) is 1. The van der Waals surface area contributed by atoms with Crippen LogP contribution in [-0.4, -0.2) is 31.7 Å². The van der Waals surface area contributed by atoms with Gasteiger partial charge in [-0.3, -0.25) is 9.78 Å². The van der Waals surface area contributed by atoms with Gasteiger partial charge in [0, 0.05) is 23.3 Å². The Morgan fingerprint density at radius 3 is 2.38 bits per heavy atom. The normalized spacial score (nSPS) is 10.8. The van der Waals surface area contributed by atoms with Crippen LogP contribution in [0.1, 0.15) is 17.3 Å². The van der Waals surface area contributed by atoms with Crippen molar-refractivity contribution in [1.29, 1.82) is 0 Å². The average molecular weight is 495 g/mol. The number of hydrogen-bond acceptors (Lipinski definition) is 6. The minimum Gasteiger partial charge on any atom is -0.493 e. The highest BCUT2D eigenvalue weighted by atomic mass is 16.5. The van der Waals surface area contributed by atoms with Crippen LogP contribution in [0.25, 0.3) is 21.7 Å². The van der Waals surface area contributed by atoms with E-state index in [0.29, 0.717) is 46.6 Å². The van der Waals surface area contributed by atoms with Crippen LogP contribution in [0.3, 0.4) is 0 Å². The first-order valence-electron chi connectivity index (χ1n) is 11.8. The molecular weight excluding hydrogens is 468 g/mol. The third-order valence-electron chi connectivity index (χ3n) is 5.94. The Morgan fingerprint density at radius 2 is 1.57 bits per heavy atom. The van der Waals surface area contributed by atoms with Gasteiger partial charge in [0.2, 0.25) is 0 Å². The van der Waals surface area contributed by atoms with E-state index in [1.165, 1.54) is 0 Å². The van der Waals surface area contributed by atoms with Gasteiger partial charge in [-0.1, -0.05) is 24.3 Å². The molecule has 0 atom stereocenters. The molecule has 7 nitrogen and oxygen atoms in total. The first-order valence-corrected chi connectivity index (χ1v) is 11.8. The molecule has 5 aromatic rings. The molecule has 0 aliphatic rings. The van der Waals surface area contributed by atoms with Gasteiger partial charge in [-0.2, -0.15) is 0 Å². The van der Waals surface area contributed by atoms with Crippen molar-refractivity contribution in [1.82, 2.24) is 4.98 Å². The van der Waals surface area contributed by atoms with Gasteiger partial charge in [-0.15, -0.1) is 0 Å². The molecule has 7 heteroatoms. The largest absolute Gasteiger partial charge is 0.493 e. The topological polar surface area (TPSA) is 78.9 Å². The number of amides is 1. The zero-order valence-electron chi connectivity index (χ0n) is 20.8. The second kappa shape index (κ2) is 10.5. The van der Waals surface area contributed by atoms with Crippen LogP contribution in [0.4, 0.5) is 5.69 Å². The summed E-state index contributed by atoms with van der Waals surface area (Å²) in [6.45, 7) is 2.38. The van der Waals surface area contributed by atoms with Crippen molar-refractivity contribution in [3.63, 3.8) is 0 Å². The number of hydrogen-bond donors (Lipinski definition) is 1. The van der Waals surface area contributed by atoms with Crippen molar-refractivity contribution >= 4 is 33.3 Å². The summed E-state index contributed by atoms with van der Waals surface area (Å²) in [5.41, 5.74) is 1.92. The number of para-hydroxylation sites is 1. The molecule has 186 valence electrons. The van der Waals surface area contributed by atoms with Crippen molar-refractivity contribution < 1.29 is 23.7 Å². The van der Waals surface area contributed by atoms with Gasteiger partial charge in [0.15, 0.2) is 11.5 Å². The van der Waals surface area contributed by atoms with E-state index >= 15 is 0 Å². The number of rotatable bonds is 8. The maximum atomic E-state index is 12.9. The van der Waals surface area contributed by atoms with Gasteiger partial charge in [0.05, 0.1) is 31.9 Å². The molecule has 1 aromatic heterocycles. The first-order chi connectivity index (χ1) is 18.1. The number of ether oxygens (including phenoxy) is 4. The van der Waals surface area contributed by atoms with Gasteiger partial charge < -0.3 is 24.3 Å². The quantitative estimate of drug-likeness (QED) is 0.254. The summed E-state index contributed by atoms with van der Waals surface area (Å²) in [5, 5.41) is 5.72. The molecule has 1 heterocycles. The fourth-order valence-electron chi connectivity index (χ4n) is 4.16. The second-order valence-corrected chi connectivity index (χ2v) is 8.24. The van der Waals surface area contributed by atoms with E-state index in [1.807, 2.05) is 73.7 Å². The summed E-state index contributed by atoms with van der Waals surface area (Å²) in [7, 11) is 3.19. The number of fused-ring (bicyclic) bond motifs is 2. The van der Waals surface area contributed by atoms with Crippen LogP contribution < -0.4 is 24.3 Å².